The Balaban J connectivity index is 2.33. The third kappa shape index (κ3) is 2.96. The zero-order valence-corrected chi connectivity index (χ0v) is 12.3. The van der Waals surface area contributed by atoms with Crippen LogP contribution < -0.4 is 0 Å². The summed E-state index contributed by atoms with van der Waals surface area (Å²) < 4.78 is 28.0. The lowest BCUT2D eigenvalue weighted by Crippen LogP contribution is -2.44. The molecule has 1 fully saturated rings. The molecule has 1 atom stereocenters. The molecule has 1 unspecified atom stereocenters. The van der Waals surface area contributed by atoms with Crippen LogP contribution in [0.1, 0.15) is 43.0 Å². The first-order chi connectivity index (χ1) is 9.04. The van der Waals surface area contributed by atoms with Gasteiger partial charge in [0.1, 0.15) is 17.2 Å². The monoisotopic (exact) mass is 331 g/mol. The van der Waals surface area contributed by atoms with E-state index in [2.05, 4.69) is 15.9 Å². The number of benzene rings is 1. The van der Waals surface area contributed by atoms with Crippen molar-refractivity contribution in [1.29, 1.82) is 0 Å². The second kappa shape index (κ2) is 5.99. The molecule has 1 aliphatic heterocycles. The van der Waals surface area contributed by atoms with Gasteiger partial charge in [-0.25, -0.2) is 8.78 Å². The van der Waals surface area contributed by atoms with Crippen LogP contribution in [0.4, 0.5) is 8.78 Å². The number of rotatable bonds is 2. The number of likely N-dealkylation sites (tertiary alicyclic amines) is 1. The van der Waals surface area contributed by atoms with Crippen LogP contribution in [-0.2, 0) is 0 Å². The molecule has 1 aliphatic rings. The van der Waals surface area contributed by atoms with Gasteiger partial charge in [0.2, 0.25) is 0 Å². The molecular weight excluding hydrogens is 316 g/mol. The highest BCUT2D eigenvalue weighted by Crippen LogP contribution is 2.25. The predicted octanol–water partition coefficient (Wildman–Crippen LogP) is 4.13. The van der Waals surface area contributed by atoms with Crippen molar-refractivity contribution in [1.82, 2.24) is 4.90 Å². The molecule has 1 amide bonds. The van der Waals surface area contributed by atoms with Crippen LogP contribution in [-0.4, -0.2) is 23.4 Å². The highest BCUT2D eigenvalue weighted by molar-refractivity contribution is 9.10. The second-order valence-electron chi connectivity index (χ2n) is 4.80. The van der Waals surface area contributed by atoms with E-state index in [1.165, 1.54) is 0 Å². The molecular formula is C14H16BrF2NO. The zero-order chi connectivity index (χ0) is 14.0. The van der Waals surface area contributed by atoms with Gasteiger partial charge in [-0.2, -0.15) is 0 Å². The van der Waals surface area contributed by atoms with Crippen molar-refractivity contribution in [2.75, 3.05) is 6.54 Å². The van der Waals surface area contributed by atoms with Crippen molar-refractivity contribution >= 4 is 21.8 Å². The van der Waals surface area contributed by atoms with Gasteiger partial charge in [0.25, 0.3) is 5.91 Å². The van der Waals surface area contributed by atoms with Crippen molar-refractivity contribution in [3.63, 3.8) is 0 Å². The molecule has 2 nitrogen and oxygen atoms in total. The molecule has 0 radical (unpaired) electrons. The van der Waals surface area contributed by atoms with Crippen LogP contribution in [0, 0.1) is 11.6 Å². The van der Waals surface area contributed by atoms with E-state index < -0.39 is 23.1 Å². The van der Waals surface area contributed by atoms with E-state index in [0.717, 1.165) is 37.8 Å². The van der Waals surface area contributed by atoms with Crippen LogP contribution in [0.3, 0.4) is 0 Å². The molecule has 0 spiro atoms. The largest absolute Gasteiger partial charge is 0.335 e. The van der Waals surface area contributed by atoms with E-state index in [0.29, 0.717) is 11.0 Å². The fourth-order valence-corrected chi connectivity index (χ4v) is 2.98. The van der Waals surface area contributed by atoms with Gasteiger partial charge in [-0.05, 0) is 37.8 Å². The van der Waals surface area contributed by atoms with Gasteiger partial charge < -0.3 is 4.90 Å². The number of amides is 1. The lowest BCUT2D eigenvalue weighted by atomic mass is 9.98. The summed E-state index contributed by atoms with van der Waals surface area (Å²) in [5.41, 5.74) is -0.441. The van der Waals surface area contributed by atoms with Gasteiger partial charge >= 0.3 is 0 Å². The molecule has 19 heavy (non-hydrogen) atoms. The molecule has 0 saturated carbocycles. The van der Waals surface area contributed by atoms with Crippen LogP contribution in [0.15, 0.2) is 16.6 Å². The molecule has 5 heteroatoms. The standard InChI is InChI=1S/C14H16BrF2NO/c1-2-10-5-3-4-6-18(10)14(19)13-11(16)7-9(15)8-12(13)17/h7-8,10H,2-6H2,1H3. The molecule has 2 rings (SSSR count). The molecule has 1 aromatic rings. The number of halogens is 3. The van der Waals surface area contributed by atoms with Gasteiger partial charge in [0.15, 0.2) is 0 Å². The lowest BCUT2D eigenvalue weighted by Gasteiger charge is -2.35. The summed E-state index contributed by atoms with van der Waals surface area (Å²) in [5, 5.41) is 0. The Bertz CT molecular complexity index is 469. The van der Waals surface area contributed by atoms with Crippen LogP contribution in [0.5, 0.6) is 0 Å². The average Bonchev–Trinajstić information content (AvgIpc) is 2.37. The Labute approximate surface area is 119 Å². The topological polar surface area (TPSA) is 20.3 Å². The zero-order valence-electron chi connectivity index (χ0n) is 10.8. The van der Waals surface area contributed by atoms with Crippen LogP contribution in [0.2, 0.25) is 0 Å². The summed E-state index contributed by atoms with van der Waals surface area (Å²) >= 11 is 3.01. The summed E-state index contributed by atoms with van der Waals surface area (Å²) in [5.74, 6) is -2.15. The Morgan fingerprint density at radius 2 is 2.00 bits per heavy atom. The number of hydrogen-bond acceptors (Lipinski definition) is 1. The minimum Gasteiger partial charge on any atom is -0.335 e. The molecule has 0 aromatic heterocycles. The van der Waals surface area contributed by atoms with Crippen molar-refractivity contribution in [2.45, 2.75) is 38.6 Å². The van der Waals surface area contributed by atoms with E-state index in [1.54, 1.807) is 4.90 Å². The molecule has 1 saturated heterocycles. The SMILES string of the molecule is CCC1CCCCN1C(=O)c1c(F)cc(Br)cc1F. The summed E-state index contributed by atoms with van der Waals surface area (Å²) in [6.07, 6.45) is 3.67. The molecule has 0 N–H and O–H groups in total. The maximum atomic E-state index is 13.8. The maximum absolute atomic E-state index is 13.8. The van der Waals surface area contributed by atoms with Gasteiger partial charge in [-0.3, -0.25) is 4.79 Å². The van der Waals surface area contributed by atoms with Crippen molar-refractivity contribution in [3.05, 3.63) is 33.8 Å². The fourth-order valence-electron chi connectivity index (χ4n) is 2.58. The highest BCUT2D eigenvalue weighted by atomic mass is 79.9. The summed E-state index contributed by atoms with van der Waals surface area (Å²) in [6.45, 7) is 2.57. The summed E-state index contributed by atoms with van der Waals surface area (Å²) in [6, 6.07) is 2.34. The number of hydrogen-bond donors (Lipinski definition) is 0. The minimum absolute atomic E-state index is 0.0868. The third-order valence-corrected chi connectivity index (χ3v) is 4.04. The van der Waals surface area contributed by atoms with Crippen molar-refractivity contribution < 1.29 is 13.6 Å². The quantitative estimate of drug-likeness (QED) is 0.797. The Hall–Kier alpha value is -0.970. The van der Waals surface area contributed by atoms with Crippen molar-refractivity contribution in [2.24, 2.45) is 0 Å². The van der Waals surface area contributed by atoms with E-state index in [1.807, 2.05) is 6.92 Å². The molecule has 1 aromatic carbocycles. The Kier molecular flexibility index (Phi) is 4.55. The van der Waals surface area contributed by atoms with Gasteiger partial charge in [-0.15, -0.1) is 0 Å². The number of carbonyl (C=O) groups excluding carboxylic acids is 1. The van der Waals surface area contributed by atoms with Gasteiger partial charge in [0, 0.05) is 17.1 Å². The molecule has 0 aliphatic carbocycles. The summed E-state index contributed by atoms with van der Waals surface area (Å²) in [7, 11) is 0. The lowest BCUT2D eigenvalue weighted by molar-refractivity contribution is 0.0598. The highest BCUT2D eigenvalue weighted by Gasteiger charge is 2.29. The first kappa shape index (κ1) is 14.4. The fraction of sp³-hybridized carbons (Fsp3) is 0.500. The molecule has 0 bridgehead atoms. The van der Waals surface area contributed by atoms with Crippen LogP contribution >= 0.6 is 15.9 Å². The van der Waals surface area contributed by atoms with E-state index >= 15 is 0 Å². The minimum atomic E-state index is -0.808. The predicted molar refractivity (Wildman–Crippen MR) is 73.0 cm³/mol. The van der Waals surface area contributed by atoms with Crippen LogP contribution in [0.25, 0.3) is 0 Å². The smallest absolute Gasteiger partial charge is 0.260 e. The van der Waals surface area contributed by atoms with E-state index in [9.17, 15) is 13.6 Å². The average molecular weight is 332 g/mol. The Morgan fingerprint density at radius 1 is 1.37 bits per heavy atom. The van der Waals surface area contributed by atoms with Crippen molar-refractivity contribution in [3.8, 4) is 0 Å². The number of piperidine rings is 1. The summed E-state index contributed by atoms with van der Waals surface area (Å²) in [4.78, 5) is 14.0. The van der Waals surface area contributed by atoms with E-state index in [-0.39, 0.29) is 6.04 Å². The first-order valence-electron chi connectivity index (χ1n) is 6.50. The van der Waals surface area contributed by atoms with Gasteiger partial charge in [-0.1, -0.05) is 22.9 Å². The van der Waals surface area contributed by atoms with E-state index in [4.69, 9.17) is 0 Å². The third-order valence-electron chi connectivity index (χ3n) is 3.58. The second-order valence-corrected chi connectivity index (χ2v) is 5.72. The normalized spacial score (nSPS) is 19.6. The first-order valence-corrected chi connectivity index (χ1v) is 7.29. The number of nitrogens with zero attached hydrogens (tertiary/aromatic N) is 1. The molecule has 1 heterocycles. The number of carbonyl (C=O) groups is 1. The molecule has 104 valence electrons. The Morgan fingerprint density at radius 3 is 2.58 bits per heavy atom. The maximum Gasteiger partial charge on any atom is 0.260 e. The van der Waals surface area contributed by atoms with Gasteiger partial charge in [0.05, 0.1) is 0 Å².